The van der Waals surface area contributed by atoms with Crippen molar-refractivity contribution in [3.63, 3.8) is 0 Å². The van der Waals surface area contributed by atoms with Gasteiger partial charge in [0.25, 0.3) is 15.9 Å². The summed E-state index contributed by atoms with van der Waals surface area (Å²) in [5, 5.41) is 6.27. The van der Waals surface area contributed by atoms with Gasteiger partial charge in [-0.3, -0.25) is 14.3 Å². The number of ether oxygens (including phenoxy) is 2. The topological polar surface area (TPSA) is 143 Å². The number of halogens is 2. The van der Waals surface area contributed by atoms with Gasteiger partial charge in [-0.1, -0.05) is 35.3 Å². The predicted molar refractivity (Wildman–Crippen MR) is 181 cm³/mol. The third-order valence-electron chi connectivity index (χ3n) is 7.16. The molecular formula is C33H38Cl2N4O7S. The summed E-state index contributed by atoms with van der Waals surface area (Å²) < 4.78 is 40.0. The minimum absolute atomic E-state index is 0.0651. The summed E-state index contributed by atoms with van der Waals surface area (Å²) in [6.07, 6.45) is 1.28. The Morgan fingerprint density at radius 1 is 0.915 bits per heavy atom. The second kappa shape index (κ2) is 15.7. The number of para-hydroxylation sites is 2. The second-order valence-corrected chi connectivity index (χ2v) is 14.5. The molecule has 0 aromatic heterocycles. The van der Waals surface area contributed by atoms with Gasteiger partial charge >= 0.3 is 6.09 Å². The highest BCUT2D eigenvalue weighted by Gasteiger charge is 2.27. The van der Waals surface area contributed by atoms with Crippen molar-refractivity contribution in [1.82, 2.24) is 15.5 Å². The Balaban J connectivity index is 1.22. The fourth-order valence-electron chi connectivity index (χ4n) is 4.69. The minimum atomic E-state index is -4.04. The molecule has 4 rings (SSSR count). The zero-order valence-corrected chi connectivity index (χ0v) is 28.7. The standard InChI is InChI=1S/C33H38Cl2N4O7S/c1-33(2,3)46-32(42)39-18-15-22(16-19-39)21-37-30(40)14-17-36-31(41)23-8-11-25(12-9-23)47(43,44)38-27-6-4-5-7-29(27)45-28-13-10-24(34)20-26(28)35/h4-13,20,22,38H,14-19,21H2,1-3H3,(H,36,41)(H,37,40). The van der Waals surface area contributed by atoms with Gasteiger partial charge in [0, 0.05) is 43.2 Å². The summed E-state index contributed by atoms with van der Waals surface area (Å²) in [7, 11) is -4.04. The van der Waals surface area contributed by atoms with Crippen LogP contribution in [-0.4, -0.2) is 63.0 Å². The molecule has 1 heterocycles. The monoisotopic (exact) mass is 704 g/mol. The van der Waals surface area contributed by atoms with Crippen LogP contribution in [-0.2, 0) is 19.6 Å². The maximum absolute atomic E-state index is 13.1. The van der Waals surface area contributed by atoms with Crippen molar-refractivity contribution >= 4 is 56.8 Å². The third-order valence-corrected chi connectivity index (χ3v) is 9.08. The number of anilines is 1. The number of hydrogen-bond donors (Lipinski definition) is 3. The van der Waals surface area contributed by atoms with Gasteiger partial charge in [0.15, 0.2) is 5.75 Å². The zero-order chi connectivity index (χ0) is 34.2. The average molecular weight is 706 g/mol. The maximum Gasteiger partial charge on any atom is 0.410 e. The Morgan fingerprint density at radius 2 is 1.60 bits per heavy atom. The Kier molecular flexibility index (Phi) is 12.0. The normalized spacial score (nSPS) is 13.9. The minimum Gasteiger partial charge on any atom is -0.454 e. The van der Waals surface area contributed by atoms with Crippen LogP contribution < -0.4 is 20.1 Å². The molecule has 3 aromatic rings. The first kappa shape index (κ1) is 35.8. The molecule has 1 aliphatic heterocycles. The molecule has 3 N–H and O–H groups in total. The molecule has 0 spiro atoms. The number of sulfonamides is 1. The van der Waals surface area contributed by atoms with Gasteiger partial charge in [0.05, 0.1) is 15.6 Å². The molecule has 1 fully saturated rings. The Morgan fingerprint density at radius 3 is 2.26 bits per heavy atom. The largest absolute Gasteiger partial charge is 0.454 e. The highest BCUT2D eigenvalue weighted by atomic mass is 35.5. The van der Waals surface area contributed by atoms with Gasteiger partial charge in [0.1, 0.15) is 11.4 Å². The molecule has 252 valence electrons. The number of nitrogens with one attached hydrogen (secondary N) is 3. The molecule has 0 atom stereocenters. The van der Waals surface area contributed by atoms with E-state index in [-0.39, 0.29) is 57.8 Å². The molecule has 47 heavy (non-hydrogen) atoms. The van der Waals surface area contributed by atoms with Crippen molar-refractivity contribution in [3.8, 4) is 11.5 Å². The average Bonchev–Trinajstić information content (AvgIpc) is 3.01. The number of carbonyl (C=O) groups excluding carboxylic acids is 3. The van der Waals surface area contributed by atoms with E-state index in [0.717, 1.165) is 12.8 Å². The molecule has 1 saturated heterocycles. The van der Waals surface area contributed by atoms with Gasteiger partial charge in [-0.2, -0.15) is 0 Å². The van der Waals surface area contributed by atoms with E-state index in [1.807, 2.05) is 20.8 Å². The lowest BCUT2D eigenvalue weighted by Gasteiger charge is -2.33. The van der Waals surface area contributed by atoms with E-state index < -0.39 is 21.5 Å². The number of carbonyl (C=O) groups is 3. The maximum atomic E-state index is 13.1. The smallest absolute Gasteiger partial charge is 0.410 e. The molecular weight excluding hydrogens is 667 g/mol. The summed E-state index contributed by atoms with van der Waals surface area (Å²) >= 11 is 12.2. The third kappa shape index (κ3) is 10.8. The van der Waals surface area contributed by atoms with Crippen molar-refractivity contribution < 1.29 is 32.3 Å². The van der Waals surface area contributed by atoms with Crippen LogP contribution in [0.25, 0.3) is 0 Å². The lowest BCUT2D eigenvalue weighted by Crippen LogP contribution is -2.43. The molecule has 3 aromatic carbocycles. The zero-order valence-electron chi connectivity index (χ0n) is 26.3. The van der Waals surface area contributed by atoms with Crippen molar-refractivity contribution in [1.29, 1.82) is 0 Å². The second-order valence-electron chi connectivity index (χ2n) is 12.0. The van der Waals surface area contributed by atoms with Crippen LogP contribution in [0, 0.1) is 5.92 Å². The summed E-state index contributed by atoms with van der Waals surface area (Å²) in [5.41, 5.74) is -0.120. The van der Waals surface area contributed by atoms with Gasteiger partial charge in [0.2, 0.25) is 5.91 Å². The van der Waals surface area contributed by atoms with E-state index in [4.69, 9.17) is 32.7 Å². The van der Waals surface area contributed by atoms with E-state index in [1.165, 1.54) is 30.3 Å². The number of piperidine rings is 1. The summed E-state index contributed by atoms with van der Waals surface area (Å²) in [6, 6.07) is 16.6. The summed E-state index contributed by atoms with van der Waals surface area (Å²) in [4.78, 5) is 38.8. The number of hydrogen-bond acceptors (Lipinski definition) is 7. The van der Waals surface area contributed by atoms with E-state index in [0.29, 0.717) is 30.4 Å². The Bertz CT molecular complexity index is 1690. The fourth-order valence-corrected chi connectivity index (χ4v) is 6.21. The summed E-state index contributed by atoms with van der Waals surface area (Å²) in [6.45, 7) is 7.24. The molecule has 0 aliphatic carbocycles. The number of benzene rings is 3. The van der Waals surface area contributed by atoms with Gasteiger partial charge in [-0.15, -0.1) is 0 Å². The van der Waals surface area contributed by atoms with Crippen LogP contribution in [0.3, 0.4) is 0 Å². The van der Waals surface area contributed by atoms with Crippen molar-refractivity contribution in [2.75, 3.05) is 30.9 Å². The van der Waals surface area contributed by atoms with Crippen molar-refractivity contribution in [3.05, 3.63) is 82.3 Å². The highest BCUT2D eigenvalue weighted by Crippen LogP contribution is 2.35. The molecule has 0 unspecified atom stereocenters. The fraction of sp³-hybridized carbons (Fsp3) is 0.364. The SMILES string of the molecule is CC(C)(C)OC(=O)N1CCC(CNC(=O)CCNC(=O)c2ccc(S(=O)(=O)Nc3ccccc3Oc3ccc(Cl)cc3Cl)cc2)CC1. The molecule has 14 heteroatoms. The molecule has 0 radical (unpaired) electrons. The number of amides is 3. The number of nitrogens with zero attached hydrogens (tertiary/aromatic N) is 1. The summed E-state index contributed by atoms with van der Waals surface area (Å²) in [5.74, 6) is 0.134. The highest BCUT2D eigenvalue weighted by molar-refractivity contribution is 7.92. The lowest BCUT2D eigenvalue weighted by molar-refractivity contribution is -0.121. The van der Waals surface area contributed by atoms with Gasteiger partial charge < -0.3 is 25.0 Å². The van der Waals surface area contributed by atoms with Crippen molar-refractivity contribution in [2.45, 2.75) is 50.5 Å². The molecule has 0 bridgehead atoms. The quantitative estimate of drug-likeness (QED) is 0.208. The number of rotatable bonds is 11. The first-order valence-corrected chi connectivity index (χ1v) is 17.3. The lowest BCUT2D eigenvalue weighted by atomic mass is 9.97. The van der Waals surface area contributed by atoms with Crippen LogP contribution in [0.2, 0.25) is 10.0 Å². The van der Waals surface area contributed by atoms with Crippen molar-refractivity contribution in [2.24, 2.45) is 5.92 Å². The van der Waals surface area contributed by atoms with Crippen LogP contribution in [0.1, 0.15) is 50.4 Å². The Labute approximate surface area is 285 Å². The predicted octanol–water partition coefficient (Wildman–Crippen LogP) is 6.47. The van der Waals surface area contributed by atoms with Gasteiger partial charge in [-0.25, -0.2) is 13.2 Å². The van der Waals surface area contributed by atoms with E-state index in [1.54, 1.807) is 41.3 Å². The molecule has 3 amide bonds. The number of likely N-dealkylation sites (tertiary alicyclic amines) is 1. The Hall–Kier alpha value is -4.00. The van der Waals surface area contributed by atoms with E-state index in [2.05, 4.69) is 15.4 Å². The molecule has 1 aliphatic rings. The van der Waals surface area contributed by atoms with E-state index in [9.17, 15) is 22.8 Å². The van der Waals surface area contributed by atoms with Crippen LogP contribution in [0.5, 0.6) is 11.5 Å². The first-order valence-electron chi connectivity index (χ1n) is 15.1. The van der Waals surface area contributed by atoms with Crippen LogP contribution in [0.15, 0.2) is 71.6 Å². The molecule has 11 nitrogen and oxygen atoms in total. The van der Waals surface area contributed by atoms with Crippen LogP contribution in [0.4, 0.5) is 10.5 Å². The van der Waals surface area contributed by atoms with E-state index >= 15 is 0 Å². The molecule has 0 saturated carbocycles. The van der Waals surface area contributed by atoms with Crippen LogP contribution >= 0.6 is 23.2 Å². The van der Waals surface area contributed by atoms with Gasteiger partial charge in [-0.05, 0) is 94.1 Å². The first-order chi connectivity index (χ1) is 22.2.